The van der Waals surface area contributed by atoms with Gasteiger partial charge in [-0.1, -0.05) is 54.6 Å². The van der Waals surface area contributed by atoms with Crippen molar-refractivity contribution in [3.63, 3.8) is 0 Å². The van der Waals surface area contributed by atoms with E-state index in [1.807, 2.05) is 54.6 Å². The van der Waals surface area contributed by atoms with Crippen LogP contribution in [0.3, 0.4) is 0 Å². The number of hydrogen-bond donors (Lipinski definition) is 1. The van der Waals surface area contributed by atoms with Crippen molar-refractivity contribution in [3.8, 4) is 0 Å². The molecule has 0 aromatic heterocycles. The number of hydrogen-bond acceptors (Lipinski definition) is 2. The van der Waals surface area contributed by atoms with E-state index in [1.165, 1.54) is 0 Å². The highest BCUT2D eigenvalue weighted by Gasteiger charge is 2.11. The Morgan fingerprint density at radius 1 is 0.938 bits per heavy atom. The third-order valence-electron chi connectivity index (χ3n) is 2.47. The van der Waals surface area contributed by atoms with Gasteiger partial charge < -0.3 is 0 Å². The van der Waals surface area contributed by atoms with E-state index < -0.39 is 0 Å². The Balaban J connectivity index is 2.42. The quantitative estimate of drug-likeness (QED) is 0.629. The molecule has 0 aliphatic carbocycles. The fourth-order valence-electron chi connectivity index (χ4n) is 1.62. The standard InChI is InChI=1S/C14H12OS/c15-14(11-6-2-1-3-7-11)13-9-5-4-8-12(13)10-16/h1-9,16H,10H2. The monoisotopic (exact) mass is 228 g/mol. The van der Waals surface area contributed by atoms with E-state index in [1.54, 1.807) is 0 Å². The Morgan fingerprint density at radius 3 is 2.25 bits per heavy atom. The van der Waals surface area contributed by atoms with Crippen molar-refractivity contribution in [2.24, 2.45) is 0 Å². The summed E-state index contributed by atoms with van der Waals surface area (Å²) in [7, 11) is 0. The average molecular weight is 228 g/mol. The molecule has 0 aliphatic rings. The Hall–Kier alpha value is -1.54. The molecule has 0 saturated carbocycles. The number of carbonyl (C=O) groups excluding carboxylic acids is 1. The summed E-state index contributed by atoms with van der Waals surface area (Å²) in [6.07, 6.45) is 0. The van der Waals surface area contributed by atoms with Gasteiger partial charge in [-0.25, -0.2) is 0 Å². The van der Waals surface area contributed by atoms with Crippen LogP contribution in [0.1, 0.15) is 21.5 Å². The van der Waals surface area contributed by atoms with Crippen LogP contribution in [0.5, 0.6) is 0 Å². The fraction of sp³-hybridized carbons (Fsp3) is 0.0714. The number of rotatable bonds is 3. The fourth-order valence-corrected chi connectivity index (χ4v) is 1.90. The minimum atomic E-state index is 0.0604. The van der Waals surface area contributed by atoms with Crippen molar-refractivity contribution in [1.29, 1.82) is 0 Å². The largest absolute Gasteiger partial charge is 0.289 e. The first-order valence-corrected chi connectivity index (χ1v) is 5.74. The van der Waals surface area contributed by atoms with Crippen LogP contribution in [0.2, 0.25) is 0 Å². The molecular weight excluding hydrogens is 216 g/mol. The predicted octanol–water partition coefficient (Wildman–Crippen LogP) is 3.35. The second kappa shape index (κ2) is 4.99. The lowest BCUT2D eigenvalue weighted by Crippen LogP contribution is -2.04. The smallest absolute Gasteiger partial charge is 0.193 e. The maximum absolute atomic E-state index is 12.2. The maximum atomic E-state index is 12.2. The van der Waals surface area contributed by atoms with Gasteiger partial charge in [0.2, 0.25) is 0 Å². The molecule has 0 spiro atoms. The molecule has 0 aliphatic heterocycles. The highest BCUT2D eigenvalue weighted by Crippen LogP contribution is 2.15. The topological polar surface area (TPSA) is 17.1 Å². The summed E-state index contributed by atoms with van der Waals surface area (Å²) in [4.78, 5) is 12.2. The van der Waals surface area contributed by atoms with Crippen LogP contribution in [-0.4, -0.2) is 5.78 Å². The first-order chi connectivity index (χ1) is 7.83. The second-order valence-corrected chi connectivity index (χ2v) is 3.83. The van der Waals surface area contributed by atoms with Crippen molar-refractivity contribution in [2.75, 3.05) is 0 Å². The normalized spacial score (nSPS) is 10.1. The zero-order chi connectivity index (χ0) is 11.4. The molecule has 16 heavy (non-hydrogen) atoms. The van der Waals surface area contributed by atoms with Gasteiger partial charge in [0, 0.05) is 16.9 Å². The van der Waals surface area contributed by atoms with Crippen LogP contribution in [0.4, 0.5) is 0 Å². The number of ketones is 1. The summed E-state index contributed by atoms with van der Waals surface area (Å²) in [6, 6.07) is 16.9. The van der Waals surface area contributed by atoms with Gasteiger partial charge in [0.05, 0.1) is 0 Å². The van der Waals surface area contributed by atoms with Gasteiger partial charge in [-0.05, 0) is 5.56 Å². The predicted molar refractivity (Wildman–Crippen MR) is 69.0 cm³/mol. The van der Waals surface area contributed by atoms with Crippen LogP contribution in [0, 0.1) is 0 Å². The lowest BCUT2D eigenvalue weighted by molar-refractivity contribution is 0.103. The van der Waals surface area contributed by atoms with E-state index >= 15 is 0 Å². The van der Waals surface area contributed by atoms with E-state index in [0.29, 0.717) is 5.75 Å². The minimum absolute atomic E-state index is 0.0604. The first kappa shape index (κ1) is 11.0. The second-order valence-electron chi connectivity index (χ2n) is 3.51. The Labute approximate surface area is 101 Å². The molecule has 2 rings (SSSR count). The van der Waals surface area contributed by atoms with Gasteiger partial charge in [-0.3, -0.25) is 4.79 Å². The molecule has 2 aromatic carbocycles. The van der Waals surface area contributed by atoms with E-state index in [2.05, 4.69) is 12.6 Å². The minimum Gasteiger partial charge on any atom is -0.289 e. The SMILES string of the molecule is O=C(c1ccccc1)c1ccccc1CS. The highest BCUT2D eigenvalue weighted by atomic mass is 32.1. The number of benzene rings is 2. The molecule has 80 valence electrons. The molecule has 1 nitrogen and oxygen atoms in total. The van der Waals surface area contributed by atoms with Crippen LogP contribution in [0.15, 0.2) is 54.6 Å². The molecule has 0 amide bonds. The summed E-state index contributed by atoms with van der Waals surface area (Å²) in [5.74, 6) is 0.639. The van der Waals surface area contributed by atoms with Gasteiger partial charge in [0.15, 0.2) is 5.78 Å². The van der Waals surface area contributed by atoms with E-state index in [4.69, 9.17) is 0 Å². The van der Waals surface area contributed by atoms with Gasteiger partial charge in [0.25, 0.3) is 0 Å². The van der Waals surface area contributed by atoms with Crippen LogP contribution >= 0.6 is 12.6 Å². The Bertz CT molecular complexity index is 491. The Morgan fingerprint density at radius 2 is 1.56 bits per heavy atom. The molecule has 0 atom stereocenters. The third-order valence-corrected chi connectivity index (χ3v) is 2.81. The van der Waals surface area contributed by atoms with E-state index in [0.717, 1.165) is 16.7 Å². The molecular formula is C14H12OS. The van der Waals surface area contributed by atoms with Gasteiger partial charge in [-0.15, -0.1) is 0 Å². The molecule has 2 aromatic rings. The van der Waals surface area contributed by atoms with Gasteiger partial charge in [-0.2, -0.15) is 12.6 Å². The van der Waals surface area contributed by atoms with Crippen molar-refractivity contribution < 1.29 is 4.79 Å². The van der Waals surface area contributed by atoms with Crippen molar-refractivity contribution in [1.82, 2.24) is 0 Å². The van der Waals surface area contributed by atoms with E-state index in [-0.39, 0.29) is 5.78 Å². The maximum Gasteiger partial charge on any atom is 0.193 e. The molecule has 0 N–H and O–H groups in total. The Kier molecular flexibility index (Phi) is 3.42. The zero-order valence-corrected chi connectivity index (χ0v) is 9.65. The molecule has 0 saturated heterocycles. The van der Waals surface area contributed by atoms with Gasteiger partial charge >= 0.3 is 0 Å². The molecule has 0 heterocycles. The summed E-state index contributed by atoms with van der Waals surface area (Å²) in [6.45, 7) is 0. The summed E-state index contributed by atoms with van der Waals surface area (Å²) >= 11 is 4.23. The van der Waals surface area contributed by atoms with Crippen molar-refractivity contribution in [2.45, 2.75) is 5.75 Å². The van der Waals surface area contributed by atoms with Crippen molar-refractivity contribution >= 4 is 18.4 Å². The highest BCUT2D eigenvalue weighted by molar-refractivity contribution is 7.79. The third kappa shape index (κ3) is 2.17. The van der Waals surface area contributed by atoms with Crippen LogP contribution in [0.25, 0.3) is 0 Å². The molecule has 0 fully saturated rings. The van der Waals surface area contributed by atoms with Gasteiger partial charge in [0.1, 0.15) is 0 Å². The molecule has 0 unspecified atom stereocenters. The van der Waals surface area contributed by atoms with E-state index in [9.17, 15) is 4.79 Å². The molecule has 0 bridgehead atoms. The lowest BCUT2D eigenvalue weighted by atomic mass is 9.99. The lowest BCUT2D eigenvalue weighted by Gasteiger charge is -2.05. The average Bonchev–Trinajstić information content (AvgIpc) is 2.39. The molecule has 2 heteroatoms. The summed E-state index contributed by atoms with van der Waals surface area (Å²) in [5.41, 5.74) is 2.43. The first-order valence-electron chi connectivity index (χ1n) is 5.11. The number of carbonyl (C=O) groups is 1. The van der Waals surface area contributed by atoms with Crippen LogP contribution < -0.4 is 0 Å². The zero-order valence-electron chi connectivity index (χ0n) is 8.76. The number of thiol groups is 1. The van der Waals surface area contributed by atoms with Crippen molar-refractivity contribution in [3.05, 3.63) is 71.3 Å². The summed E-state index contributed by atoms with van der Waals surface area (Å²) < 4.78 is 0. The molecule has 0 radical (unpaired) electrons. The van der Waals surface area contributed by atoms with Crippen LogP contribution in [-0.2, 0) is 5.75 Å². The summed E-state index contributed by atoms with van der Waals surface area (Å²) in [5, 5.41) is 0.